The molecule has 2 rings (SSSR count). The molecule has 0 saturated heterocycles. The average molecular weight is 262 g/mol. The van der Waals surface area contributed by atoms with Crippen LogP contribution in [0.15, 0.2) is 12.1 Å². The van der Waals surface area contributed by atoms with Crippen LogP contribution >= 0.6 is 0 Å². The minimum Gasteiger partial charge on any atom is -0.496 e. The molecule has 0 spiro atoms. The van der Waals surface area contributed by atoms with Gasteiger partial charge in [-0.15, -0.1) is 0 Å². The van der Waals surface area contributed by atoms with Crippen molar-refractivity contribution in [1.82, 2.24) is 5.32 Å². The number of aryl methyl sites for hydroxylation is 2. The molecule has 19 heavy (non-hydrogen) atoms. The normalized spacial score (nSPS) is 22.7. The molecule has 0 aromatic heterocycles. The van der Waals surface area contributed by atoms with Crippen LogP contribution in [0.3, 0.4) is 0 Å². The molecule has 3 nitrogen and oxygen atoms in total. The average Bonchev–Trinajstić information content (AvgIpc) is 2.79. The molecule has 1 saturated carbocycles. The number of benzene rings is 1. The van der Waals surface area contributed by atoms with Gasteiger partial charge in [-0.05, 0) is 62.4 Å². The van der Waals surface area contributed by atoms with Gasteiger partial charge >= 0.3 is 0 Å². The number of hydrogen-bond acceptors (Lipinski definition) is 3. The van der Waals surface area contributed by atoms with Gasteiger partial charge in [-0.25, -0.2) is 0 Å². The van der Waals surface area contributed by atoms with Crippen molar-refractivity contribution in [3.63, 3.8) is 0 Å². The molecule has 1 fully saturated rings. The highest BCUT2D eigenvalue weighted by Crippen LogP contribution is 2.23. The number of hydrogen-bond donors (Lipinski definition) is 2. The highest BCUT2D eigenvalue weighted by molar-refractivity contribution is 5.41. The van der Waals surface area contributed by atoms with E-state index in [0.29, 0.717) is 12.1 Å². The maximum Gasteiger partial charge on any atom is 0.122 e. The number of ether oxygens (including phenoxy) is 1. The summed E-state index contributed by atoms with van der Waals surface area (Å²) in [5, 5.41) is 3.60. The summed E-state index contributed by atoms with van der Waals surface area (Å²) in [6.07, 6.45) is 4.71. The predicted octanol–water partition coefficient (Wildman–Crippen LogP) is 2.32. The Morgan fingerprint density at radius 1 is 1.26 bits per heavy atom. The van der Waals surface area contributed by atoms with Crippen LogP contribution in [0.2, 0.25) is 0 Å². The molecule has 0 aliphatic heterocycles. The van der Waals surface area contributed by atoms with Crippen molar-refractivity contribution in [3.05, 3.63) is 28.8 Å². The first-order chi connectivity index (χ1) is 9.11. The molecule has 1 aromatic rings. The third-order valence-corrected chi connectivity index (χ3v) is 4.22. The van der Waals surface area contributed by atoms with E-state index >= 15 is 0 Å². The fourth-order valence-corrected chi connectivity index (χ4v) is 2.97. The molecule has 3 heteroatoms. The van der Waals surface area contributed by atoms with Gasteiger partial charge in [0.15, 0.2) is 0 Å². The highest BCUT2D eigenvalue weighted by Gasteiger charge is 2.22. The molecule has 1 aliphatic carbocycles. The molecule has 0 amide bonds. The molecule has 1 aliphatic rings. The Morgan fingerprint density at radius 2 is 2.05 bits per heavy atom. The molecule has 0 bridgehead atoms. The van der Waals surface area contributed by atoms with Gasteiger partial charge in [0.05, 0.1) is 7.11 Å². The van der Waals surface area contributed by atoms with E-state index in [4.69, 9.17) is 10.5 Å². The Hall–Kier alpha value is -1.06. The monoisotopic (exact) mass is 262 g/mol. The quantitative estimate of drug-likeness (QED) is 0.856. The Labute approximate surface area is 116 Å². The van der Waals surface area contributed by atoms with Gasteiger partial charge in [0.1, 0.15) is 5.75 Å². The molecule has 2 atom stereocenters. The van der Waals surface area contributed by atoms with E-state index in [9.17, 15) is 0 Å². The summed E-state index contributed by atoms with van der Waals surface area (Å²) in [5.41, 5.74) is 9.99. The lowest BCUT2D eigenvalue weighted by molar-refractivity contribution is 0.411. The minimum absolute atomic E-state index is 0.346. The van der Waals surface area contributed by atoms with Crippen LogP contribution in [0.5, 0.6) is 5.75 Å². The summed E-state index contributed by atoms with van der Waals surface area (Å²) in [5.74, 6) is 0.979. The van der Waals surface area contributed by atoms with Crippen LogP contribution in [0, 0.1) is 13.8 Å². The van der Waals surface area contributed by atoms with Gasteiger partial charge in [0.2, 0.25) is 0 Å². The summed E-state index contributed by atoms with van der Waals surface area (Å²) < 4.78 is 5.35. The van der Waals surface area contributed by atoms with Gasteiger partial charge in [-0.3, -0.25) is 0 Å². The van der Waals surface area contributed by atoms with E-state index in [0.717, 1.165) is 18.7 Å². The Morgan fingerprint density at radius 3 is 2.68 bits per heavy atom. The van der Waals surface area contributed by atoms with Gasteiger partial charge < -0.3 is 15.8 Å². The highest BCUT2D eigenvalue weighted by atomic mass is 16.5. The lowest BCUT2D eigenvalue weighted by Crippen LogP contribution is -2.41. The van der Waals surface area contributed by atoms with E-state index in [1.165, 1.54) is 36.0 Å². The molecule has 0 heterocycles. The maximum atomic E-state index is 6.07. The zero-order valence-corrected chi connectivity index (χ0v) is 12.3. The van der Waals surface area contributed by atoms with Gasteiger partial charge in [0, 0.05) is 12.1 Å². The Balaban J connectivity index is 1.90. The van der Waals surface area contributed by atoms with Crippen molar-refractivity contribution in [2.45, 2.75) is 51.6 Å². The van der Waals surface area contributed by atoms with Crippen LogP contribution < -0.4 is 15.8 Å². The van der Waals surface area contributed by atoms with Crippen molar-refractivity contribution in [2.24, 2.45) is 5.73 Å². The first kappa shape index (κ1) is 14.4. The molecule has 0 radical (unpaired) electrons. The zero-order chi connectivity index (χ0) is 13.8. The van der Waals surface area contributed by atoms with Gasteiger partial charge in [0.25, 0.3) is 0 Å². The lowest BCUT2D eigenvalue weighted by atomic mass is 10.0. The topological polar surface area (TPSA) is 47.3 Å². The van der Waals surface area contributed by atoms with E-state index in [2.05, 4.69) is 31.3 Å². The van der Waals surface area contributed by atoms with Crippen LogP contribution in [-0.2, 0) is 6.42 Å². The van der Waals surface area contributed by atoms with E-state index in [1.54, 1.807) is 7.11 Å². The van der Waals surface area contributed by atoms with Crippen molar-refractivity contribution < 1.29 is 4.74 Å². The van der Waals surface area contributed by atoms with Crippen molar-refractivity contribution >= 4 is 0 Å². The third-order valence-electron chi connectivity index (χ3n) is 4.22. The summed E-state index contributed by atoms with van der Waals surface area (Å²) in [6.45, 7) is 5.26. The van der Waals surface area contributed by atoms with Crippen LogP contribution in [0.25, 0.3) is 0 Å². The van der Waals surface area contributed by atoms with Crippen LogP contribution in [0.1, 0.15) is 36.0 Å². The SMILES string of the molecule is COc1cc(C)c(CCNC2CCCC2N)cc1C. The summed E-state index contributed by atoms with van der Waals surface area (Å²) in [7, 11) is 1.73. The van der Waals surface area contributed by atoms with Crippen molar-refractivity contribution in [2.75, 3.05) is 13.7 Å². The number of nitrogens with one attached hydrogen (secondary N) is 1. The molecule has 3 N–H and O–H groups in total. The van der Waals surface area contributed by atoms with Crippen molar-refractivity contribution in [1.29, 1.82) is 0 Å². The molecule has 1 aromatic carbocycles. The smallest absolute Gasteiger partial charge is 0.122 e. The molecule has 2 unspecified atom stereocenters. The van der Waals surface area contributed by atoms with E-state index < -0.39 is 0 Å². The fourth-order valence-electron chi connectivity index (χ4n) is 2.97. The Bertz CT molecular complexity index is 431. The van der Waals surface area contributed by atoms with Gasteiger partial charge in [-0.2, -0.15) is 0 Å². The second-order valence-corrected chi connectivity index (χ2v) is 5.65. The van der Waals surface area contributed by atoms with E-state index in [-0.39, 0.29) is 0 Å². The summed E-state index contributed by atoms with van der Waals surface area (Å²) >= 11 is 0. The number of nitrogens with two attached hydrogens (primary N) is 1. The minimum atomic E-state index is 0.346. The Kier molecular flexibility index (Phi) is 4.83. The molecule has 106 valence electrons. The maximum absolute atomic E-state index is 6.07. The second-order valence-electron chi connectivity index (χ2n) is 5.65. The molecular formula is C16H26N2O. The first-order valence-electron chi connectivity index (χ1n) is 7.25. The first-order valence-corrected chi connectivity index (χ1v) is 7.25. The van der Waals surface area contributed by atoms with E-state index in [1.807, 2.05) is 0 Å². The second kappa shape index (κ2) is 6.40. The van der Waals surface area contributed by atoms with Crippen LogP contribution in [-0.4, -0.2) is 25.7 Å². The largest absolute Gasteiger partial charge is 0.496 e. The van der Waals surface area contributed by atoms with Crippen molar-refractivity contribution in [3.8, 4) is 5.75 Å². The predicted molar refractivity (Wildman–Crippen MR) is 79.8 cm³/mol. The van der Waals surface area contributed by atoms with Gasteiger partial charge in [-0.1, -0.05) is 12.5 Å². The standard InChI is InChI=1S/C16H26N2O/c1-11-10-16(19-3)12(2)9-13(11)7-8-18-15-6-4-5-14(15)17/h9-10,14-15,18H,4-8,17H2,1-3H3. The lowest BCUT2D eigenvalue weighted by Gasteiger charge is -2.18. The summed E-state index contributed by atoms with van der Waals surface area (Å²) in [6, 6.07) is 5.23. The summed E-state index contributed by atoms with van der Waals surface area (Å²) in [4.78, 5) is 0. The molecular weight excluding hydrogens is 236 g/mol. The number of methoxy groups -OCH3 is 1. The number of rotatable bonds is 5. The zero-order valence-electron chi connectivity index (χ0n) is 12.3. The fraction of sp³-hybridized carbons (Fsp3) is 0.625. The third kappa shape index (κ3) is 3.48. The van der Waals surface area contributed by atoms with Crippen LogP contribution in [0.4, 0.5) is 0 Å².